The molecule has 0 radical (unpaired) electrons. The number of aromatic nitrogens is 2. The van der Waals surface area contributed by atoms with E-state index in [1.807, 2.05) is 20.0 Å². The van der Waals surface area contributed by atoms with E-state index < -0.39 is 0 Å². The van der Waals surface area contributed by atoms with Crippen LogP contribution in [-0.4, -0.2) is 16.7 Å². The van der Waals surface area contributed by atoms with Crippen molar-refractivity contribution in [1.82, 2.24) is 9.55 Å². The summed E-state index contributed by atoms with van der Waals surface area (Å²) in [4.78, 5) is 4.24. The summed E-state index contributed by atoms with van der Waals surface area (Å²) < 4.78 is 7.39. The Morgan fingerprint density at radius 3 is 2.69 bits per heavy atom. The molecule has 1 rings (SSSR count). The number of aryl methyl sites for hydroxylation is 1. The SMILES string of the molecule is CCn1c(C(C)OC)cnc1C.Cl. The summed E-state index contributed by atoms with van der Waals surface area (Å²) in [5.41, 5.74) is 1.15. The van der Waals surface area contributed by atoms with Crippen LogP contribution in [0.15, 0.2) is 6.20 Å². The molecule has 0 saturated heterocycles. The van der Waals surface area contributed by atoms with Gasteiger partial charge in [0.2, 0.25) is 0 Å². The predicted octanol–water partition coefficient (Wildman–Crippen LogP) is 2.34. The number of hydrogen-bond donors (Lipinski definition) is 0. The third-order valence-electron chi connectivity index (χ3n) is 2.17. The lowest BCUT2D eigenvalue weighted by molar-refractivity contribution is 0.112. The molecule has 0 fully saturated rings. The quantitative estimate of drug-likeness (QED) is 0.756. The molecule has 0 spiro atoms. The minimum absolute atomic E-state index is 0. The van der Waals surface area contributed by atoms with Crippen molar-refractivity contribution in [2.45, 2.75) is 33.4 Å². The Labute approximate surface area is 85.5 Å². The summed E-state index contributed by atoms with van der Waals surface area (Å²) in [6.45, 7) is 7.10. The molecule has 0 saturated carbocycles. The largest absolute Gasteiger partial charge is 0.375 e. The first-order valence-corrected chi connectivity index (χ1v) is 4.25. The average molecular weight is 205 g/mol. The van der Waals surface area contributed by atoms with Gasteiger partial charge in [0.05, 0.1) is 18.0 Å². The monoisotopic (exact) mass is 204 g/mol. The number of methoxy groups -OCH3 is 1. The Morgan fingerprint density at radius 2 is 2.23 bits per heavy atom. The van der Waals surface area contributed by atoms with E-state index in [4.69, 9.17) is 4.74 Å². The maximum absolute atomic E-state index is 5.23. The van der Waals surface area contributed by atoms with Crippen LogP contribution in [0.4, 0.5) is 0 Å². The van der Waals surface area contributed by atoms with Crippen LogP contribution in [0.1, 0.15) is 31.5 Å². The Balaban J connectivity index is 0.00000144. The highest BCUT2D eigenvalue weighted by atomic mass is 35.5. The summed E-state index contributed by atoms with van der Waals surface area (Å²) in [5, 5.41) is 0. The number of ether oxygens (including phenoxy) is 1. The van der Waals surface area contributed by atoms with Gasteiger partial charge >= 0.3 is 0 Å². The van der Waals surface area contributed by atoms with Crippen LogP contribution in [0, 0.1) is 6.92 Å². The molecule has 0 bridgehead atoms. The van der Waals surface area contributed by atoms with E-state index in [1.54, 1.807) is 7.11 Å². The highest BCUT2D eigenvalue weighted by Gasteiger charge is 2.10. The number of hydrogen-bond acceptors (Lipinski definition) is 2. The zero-order valence-corrected chi connectivity index (χ0v) is 9.39. The number of halogens is 1. The van der Waals surface area contributed by atoms with E-state index in [0.717, 1.165) is 18.1 Å². The first-order valence-electron chi connectivity index (χ1n) is 4.25. The van der Waals surface area contributed by atoms with Crippen molar-refractivity contribution >= 4 is 12.4 Å². The van der Waals surface area contributed by atoms with Crippen LogP contribution in [0.3, 0.4) is 0 Å². The molecule has 0 aliphatic heterocycles. The molecule has 0 N–H and O–H groups in total. The van der Waals surface area contributed by atoms with E-state index in [9.17, 15) is 0 Å². The molecule has 3 nitrogen and oxygen atoms in total. The molecule has 1 unspecified atom stereocenters. The molecule has 1 heterocycles. The lowest BCUT2D eigenvalue weighted by atomic mass is 10.3. The molecule has 0 amide bonds. The van der Waals surface area contributed by atoms with Crippen LogP contribution in [0.2, 0.25) is 0 Å². The van der Waals surface area contributed by atoms with Gasteiger partial charge in [0, 0.05) is 13.7 Å². The van der Waals surface area contributed by atoms with Crippen molar-refractivity contribution < 1.29 is 4.74 Å². The summed E-state index contributed by atoms with van der Waals surface area (Å²) in [6, 6.07) is 0. The summed E-state index contributed by atoms with van der Waals surface area (Å²) in [5.74, 6) is 1.05. The molecule has 1 aromatic heterocycles. The van der Waals surface area contributed by atoms with Crippen LogP contribution in [-0.2, 0) is 11.3 Å². The second-order valence-electron chi connectivity index (χ2n) is 2.85. The van der Waals surface area contributed by atoms with Crippen molar-refractivity contribution in [1.29, 1.82) is 0 Å². The standard InChI is InChI=1S/C9H16N2O.ClH/c1-5-11-8(3)10-6-9(11)7(2)12-4;/h6-7H,5H2,1-4H3;1H. The third kappa shape index (κ3) is 2.45. The minimum Gasteiger partial charge on any atom is -0.375 e. The number of rotatable bonds is 3. The van der Waals surface area contributed by atoms with E-state index in [0.29, 0.717) is 0 Å². The fraction of sp³-hybridized carbons (Fsp3) is 0.667. The third-order valence-corrected chi connectivity index (χ3v) is 2.17. The lowest BCUT2D eigenvalue weighted by Gasteiger charge is -2.12. The molecule has 13 heavy (non-hydrogen) atoms. The van der Waals surface area contributed by atoms with E-state index in [2.05, 4.69) is 16.5 Å². The zero-order valence-electron chi connectivity index (χ0n) is 8.57. The fourth-order valence-electron chi connectivity index (χ4n) is 1.34. The van der Waals surface area contributed by atoms with E-state index >= 15 is 0 Å². The Bertz CT molecular complexity index is 260. The molecule has 0 aromatic carbocycles. The average Bonchev–Trinajstić information content (AvgIpc) is 2.45. The van der Waals surface area contributed by atoms with Gasteiger partial charge in [-0.1, -0.05) is 0 Å². The van der Waals surface area contributed by atoms with Gasteiger partial charge in [-0.3, -0.25) is 0 Å². The zero-order chi connectivity index (χ0) is 9.14. The van der Waals surface area contributed by atoms with Crippen LogP contribution < -0.4 is 0 Å². The first kappa shape index (κ1) is 12.5. The molecule has 0 aliphatic carbocycles. The predicted molar refractivity (Wildman–Crippen MR) is 55.3 cm³/mol. The molecule has 4 heteroatoms. The Hall–Kier alpha value is -0.540. The van der Waals surface area contributed by atoms with Gasteiger partial charge in [0.1, 0.15) is 5.82 Å². The van der Waals surface area contributed by atoms with Crippen molar-refractivity contribution in [3.63, 3.8) is 0 Å². The maximum Gasteiger partial charge on any atom is 0.105 e. The highest BCUT2D eigenvalue weighted by molar-refractivity contribution is 5.85. The fourth-order valence-corrected chi connectivity index (χ4v) is 1.34. The molecule has 1 aromatic rings. The Morgan fingerprint density at radius 1 is 1.62 bits per heavy atom. The van der Waals surface area contributed by atoms with Gasteiger partial charge in [-0.2, -0.15) is 0 Å². The van der Waals surface area contributed by atoms with E-state index in [1.165, 1.54) is 0 Å². The minimum atomic E-state index is 0. The van der Waals surface area contributed by atoms with Crippen molar-refractivity contribution in [2.24, 2.45) is 0 Å². The van der Waals surface area contributed by atoms with Gasteiger partial charge in [-0.15, -0.1) is 12.4 Å². The molecule has 1 atom stereocenters. The number of nitrogens with zero attached hydrogens (tertiary/aromatic N) is 2. The summed E-state index contributed by atoms with van der Waals surface area (Å²) in [6.07, 6.45) is 2.01. The summed E-state index contributed by atoms with van der Waals surface area (Å²) >= 11 is 0. The van der Waals surface area contributed by atoms with Crippen LogP contribution in [0.5, 0.6) is 0 Å². The van der Waals surface area contributed by atoms with Crippen LogP contribution >= 0.6 is 12.4 Å². The molecule has 0 aliphatic rings. The normalized spacial score (nSPS) is 12.3. The molecular formula is C9H17ClN2O. The smallest absolute Gasteiger partial charge is 0.105 e. The lowest BCUT2D eigenvalue weighted by Crippen LogP contribution is -2.07. The molecule has 76 valence electrons. The van der Waals surface area contributed by atoms with Gasteiger partial charge < -0.3 is 9.30 Å². The van der Waals surface area contributed by atoms with Gasteiger partial charge in [-0.25, -0.2) is 4.98 Å². The van der Waals surface area contributed by atoms with Gasteiger partial charge in [0.15, 0.2) is 0 Å². The summed E-state index contributed by atoms with van der Waals surface area (Å²) in [7, 11) is 1.72. The second kappa shape index (κ2) is 5.25. The first-order chi connectivity index (χ1) is 5.70. The van der Waals surface area contributed by atoms with Crippen molar-refractivity contribution in [3.05, 3.63) is 17.7 Å². The second-order valence-corrected chi connectivity index (χ2v) is 2.85. The number of imidazole rings is 1. The van der Waals surface area contributed by atoms with Crippen LogP contribution in [0.25, 0.3) is 0 Å². The van der Waals surface area contributed by atoms with Crippen molar-refractivity contribution in [2.75, 3.05) is 7.11 Å². The Kier molecular flexibility index (Phi) is 5.03. The van der Waals surface area contributed by atoms with E-state index in [-0.39, 0.29) is 18.5 Å². The van der Waals surface area contributed by atoms with Crippen molar-refractivity contribution in [3.8, 4) is 0 Å². The van der Waals surface area contributed by atoms with Gasteiger partial charge in [0.25, 0.3) is 0 Å². The topological polar surface area (TPSA) is 27.1 Å². The van der Waals surface area contributed by atoms with Gasteiger partial charge in [-0.05, 0) is 20.8 Å². The maximum atomic E-state index is 5.23. The molecular weight excluding hydrogens is 188 g/mol. The highest BCUT2D eigenvalue weighted by Crippen LogP contribution is 2.16.